The number of rotatable bonds is 2. The summed E-state index contributed by atoms with van der Waals surface area (Å²) in [6.45, 7) is 1.81. The number of phenols is 1. The molecule has 3 N–H and O–H groups in total. The maximum absolute atomic E-state index is 13.9. The van der Waals surface area contributed by atoms with E-state index in [-0.39, 0.29) is 17.6 Å². The molecule has 2 rings (SSSR count). The van der Waals surface area contributed by atoms with Gasteiger partial charge in [0.2, 0.25) is 0 Å². The van der Waals surface area contributed by atoms with Crippen LogP contribution in [0.5, 0.6) is 5.75 Å². The lowest BCUT2D eigenvalue weighted by atomic mass is 10.0. The fourth-order valence-electron chi connectivity index (χ4n) is 1.69. The molecule has 0 saturated carbocycles. The molecule has 0 aliphatic carbocycles. The second-order valence-electron chi connectivity index (χ2n) is 4.07. The van der Waals surface area contributed by atoms with Gasteiger partial charge in [-0.2, -0.15) is 0 Å². The van der Waals surface area contributed by atoms with Crippen molar-refractivity contribution in [3.8, 4) is 16.9 Å². The van der Waals surface area contributed by atoms with Crippen molar-refractivity contribution in [3.63, 3.8) is 0 Å². The van der Waals surface area contributed by atoms with Gasteiger partial charge in [-0.15, -0.1) is 0 Å². The highest BCUT2D eigenvalue weighted by Crippen LogP contribution is 2.26. The Morgan fingerprint density at radius 1 is 1.12 bits per heavy atom. The second kappa shape index (κ2) is 4.55. The molecule has 1 atom stereocenters. The Hall–Kier alpha value is -1.87. The van der Waals surface area contributed by atoms with Gasteiger partial charge in [0.05, 0.1) is 0 Å². The molecule has 0 unspecified atom stereocenters. The predicted molar refractivity (Wildman–Crippen MR) is 66.1 cm³/mol. The molecule has 17 heavy (non-hydrogen) atoms. The molecule has 0 radical (unpaired) electrons. The van der Waals surface area contributed by atoms with Crippen LogP contribution < -0.4 is 5.73 Å². The van der Waals surface area contributed by atoms with Crippen molar-refractivity contribution in [2.24, 2.45) is 5.73 Å². The zero-order chi connectivity index (χ0) is 12.4. The molecule has 0 heterocycles. The first kappa shape index (κ1) is 11.6. The zero-order valence-corrected chi connectivity index (χ0v) is 9.52. The van der Waals surface area contributed by atoms with Crippen molar-refractivity contribution >= 4 is 0 Å². The van der Waals surface area contributed by atoms with E-state index in [1.807, 2.05) is 13.0 Å². The molecule has 0 aliphatic heterocycles. The normalized spacial score (nSPS) is 12.4. The molecular weight excluding hydrogens is 217 g/mol. The summed E-state index contributed by atoms with van der Waals surface area (Å²) < 4.78 is 13.9. The van der Waals surface area contributed by atoms with Crippen LogP contribution in [0.15, 0.2) is 42.5 Å². The minimum Gasteiger partial charge on any atom is -0.508 e. The van der Waals surface area contributed by atoms with Crippen LogP contribution in [0.25, 0.3) is 11.1 Å². The molecular formula is C14H14FNO. The average Bonchev–Trinajstić information content (AvgIpc) is 2.30. The highest BCUT2D eigenvalue weighted by Gasteiger charge is 2.08. The third-order valence-corrected chi connectivity index (χ3v) is 2.70. The summed E-state index contributed by atoms with van der Waals surface area (Å²) >= 11 is 0. The van der Waals surface area contributed by atoms with Gasteiger partial charge in [0.1, 0.15) is 11.6 Å². The molecule has 2 aromatic carbocycles. The number of hydrogen-bond donors (Lipinski definition) is 2. The Morgan fingerprint density at radius 3 is 2.29 bits per heavy atom. The molecule has 0 fully saturated rings. The number of aromatic hydroxyl groups is 1. The molecule has 0 spiro atoms. The molecule has 2 nitrogen and oxygen atoms in total. The van der Waals surface area contributed by atoms with Crippen LogP contribution in [0.4, 0.5) is 4.39 Å². The Balaban J connectivity index is 2.43. The third kappa shape index (κ3) is 2.45. The quantitative estimate of drug-likeness (QED) is 0.833. The Labute approximate surface area is 99.5 Å². The van der Waals surface area contributed by atoms with Crippen molar-refractivity contribution in [1.82, 2.24) is 0 Å². The van der Waals surface area contributed by atoms with E-state index in [1.165, 1.54) is 18.2 Å². The number of phenolic OH excluding ortho intramolecular Hbond substituents is 1. The molecule has 0 bridgehead atoms. The number of halogens is 1. The number of benzene rings is 2. The number of hydrogen-bond acceptors (Lipinski definition) is 2. The maximum Gasteiger partial charge on any atom is 0.131 e. The van der Waals surface area contributed by atoms with E-state index in [1.54, 1.807) is 18.2 Å². The summed E-state index contributed by atoms with van der Waals surface area (Å²) in [5.41, 5.74) is 7.70. The number of nitrogens with two attached hydrogens (primary N) is 1. The lowest BCUT2D eigenvalue weighted by molar-refractivity contribution is 0.475. The predicted octanol–water partition coefficient (Wildman–Crippen LogP) is 3.22. The van der Waals surface area contributed by atoms with E-state index in [2.05, 4.69) is 0 Å². The lowest BCUT2D eigenvalue weighted by Crippen LogP contribution is -2.05. The largest absolute Gasteiger partial charge is 0.508 e. The zero-order valence-electron chi connectivity index (χ0n) is 9.52. The highest BCUT2D eigenvalue weighted by atomic mass is 19.1. The molecule has 88 valence electrons. The second-order valence-corrected chi connectivity index (χ2v) is 4.07. The van der Waals surface area contributed by atoms with E-state index >= 15 is 0 Å². The van der Waals surface area contributed by atoms with Gasteiger partial charge >= 0.3 is 0 Å². The molecule has 2 aromatic rings. The molecule has 0 saturated heterocycles. The summed E-state index contributed by atoms with van der Waals surface area (Å²) in [4.78, 5) is 0. The van der Waals surface area contributed by atoms with Crippen LogP contribution in [-0.4, -0.2) is 5.11 Å². The van der Waals surface area contributed by atoms with Gasteiger partial charge in [-0.3, -0.25) is 0 Å². The summed E-state index contributed by atoms with van der Waals surface area (Å²) in [7, 11) is 0. The Morgan fingerprint density at radius 2 is 1.76 bits per heavy atom. The van der Waals surface area contributed by atoms with E-state index < -0.39 is 0 Å². The minimum atomic E-state index is -0.300. The minimum absolute atomic E-state index is 0.168. The summed E-state index contributed by atoms with van der Waals surface area (Å²) in [6, 6.07) is 11.2. The molecule has 0 aliphatic rings. The van der Waals surface area contributed by atoms with Gasteiger partial charge in [0.25, 0.3) is 0 Å². The average molecular weight is 231 g/mol. The van der Waals surface area contributed by atoms with Gasteiger partial charge in [0, 0.05) is 11.6 Å². The van der Waals surface area contributed by atoms with Crippen LogP contribution in [0.3, 0.4) is 0 Å². The van der Waals surface area contributed by atoms with E-state index in [9.17, 15) is 9.50 Å². The molecule has 0 amide bonds. The van der Waals surface area contributed by atoms with E-state index in [0.29, 0.717) is 5.56 Å². The van der Waals surface area contributed by atoms with Gasteiger partial charge < -0.3 is 10.8 Å². The Kier molecular flexibility index (Phi) is 3.11. The van der Waals surface area contributed by atoms with E-state index in [0.717, 1.165) is 11.1 Å². The maximum atomic E-state index is 13.9. The van der Waals surface area contributed by atoms with Crippen molar-refractivity contribution < 1.29 is 9.50 Å². The molecule has 3 heteroatoms. The van der Waals surface area contributed by atoms with Crippen LogP contribution in [-0.2, 0) is 0 Å². The first-order valence-electron chi connectivity index (χ1n) is 5.42. The van der Waals surface area contributed by atoms with Crippen LogP contribution in [0.1, 0.15) is 18.5 Å². The lowest BCUT2D eigenvalue weighted by Gasteiger charge is -2.09. The summed E-state index contributed by atoms with van der Waals surface area (Å²) in [6.07, 6.45) is 0. The highest BCUT2D eigenvalue weighted by molar-refractivity contribution is 5.65. The topological polar surface area (TPSA) is 46.2 Å². The van der Waals surface area contributed by atoms with Gasteiger partial charge in [0.15, 0.2) is 0 Å². The van der Waals surface area contributed by atoms with Gasteiger partial charge in [-0.05, 0) is 36.2 Å². The first-order chi connectivity index (χ1) is 8.08. The molecule has 0 aromatic heterocycles. The van der Waals surface area contributed by atoms with Crippen molar-refractivity contribution in [2.45, 2.75) is 13.0 Å². The van der Waals surface area contributed by atoms with Gasteiger partial charge in [-0.1, -0.05) is 24.3 Å². The standard InChI is InChI=1S/C14H14FNO/c1-9(16)11-4-7-13(14(15)8-11)10-2-5-12(17)6-3-10/h2-9,17H,16H2,1H3/t9-/m0/s1. The summed E-state index contributed by atoms with van der Waals surface area (Å²) in [5, 5.41) is 9.18. The SMILES string of the molecule is C[C@H](N)c1ccc(-c2ccc(O)cc2)c(F)c1. The van der Waals surface area contributed by atoms with Crippen LogP contribution in [0, 0.1) is 5.82 Å². The van der Waals surface area contributed by atoms with Crippen molar-refractivity contribution in [3.05, 3.63) is 53.8 Å². The van der Waals surface area contributed by atoms with Gasteiger partial charge in [-0.25, -0.2) is 4.39 Å². The first-order valence-corrected chi connectivity index (χ1v) is 5.42. The Bertz CT molecular complexity index is 520. The smallest absolute Gasteiger partial charge is 0.131 e. The third-order valence-electron chi connectivity index (χ3n) is 2.70. The fourth-order valence-corrected chi connectivity index (χ4v) is 1.69. The van der Waals surface area contributed by atoms with E-state index in [4.69, 9.17) is 5.73 Å². The van der Waals surface area contributed by atoms with Crippen LogP contribution >= 0.6 is 0 Å². The van der Waals surface area contributed by atoms with Crippen molar-refractivity contribution in [1.29, 1.82) is 0 Å². The monoisotopic (exact) mass is 231 g/mol. The fraction of sp³-hybridized carbons (Fsp3) is 0.143. The van der Waals surface area contributed by atoms with Crippen LogP contribution in [0.2, 0.25) is 0 Å². The summed E-state index contributed by atoms with van der Waals surface area (Å²) in [5.74, 6) is -0.133. The van der Waals surface area contributed by atoms with Crippen molar-refractivity contribution in [2.75, 3.05) is 0 Å².